The normalized spacial score (nSPS) is 16.6. The maximum Gasteiger partial charge on any atom is 0.573 e. The fraction of sp³-hybridized carbons (Fsp3) is 0.556. The highest BCUT2D eigenvalue weighted by Gasteiger charge is 2.31. The van der Waals surface area contributed by atoms with Crippen molar-refractivity contribution in [1.82, 2.24) is 4.90 Å². The highest BCUT2D eigenvalue weighted by atomic mass is 19.4. The minimum atomic E-state index is -4.76. The van der Waals surface area contributed by atoms with Crippen LogP contribution >= 0.6 is 0 Å². The van der Waals surface area contributed by atoms with Gasteiger partial charge in [0, 0.05) is 37.5 Å². The Bertz CT molecular complexity index is 641. The van der Waals surface area contributed by atoms with Gasteiger partial charge in [0.1, 0.15) is 11.9 Å². The molecule has 1 aromatic carbocycles. The maximum absolute atomic E-state index is 12.1. The minimum absolute atomic E-state index is 0.0185. The number of likely N-dealkylation sites (tertiary alicyclic amines) is 1. The average Bonchev–Trinajstić information content (AvgIpc) is 2.61. The zero-order chi connectivity index (χ0) is 20.0. The number of alkyl halides is 3. The van der Waals surface area contributed by atoms with Gasteiger partial charge < -0.3 is 14.4 Å². The van der Waals surface area contributed by atoms with Gasteiger partial charge in [0.2, 0.25) is 5.91 Å². The molecule has 1 saturated heterocycles. The lowest BCUT2D eigenvalue weighted by atomic mass is 10.0. The van der Waals surface area contributed by atoms with Crippen LogP contribution in [0, 0.1) is 5.92 Å². The molecule has 1 N–H and O–H groups in total. The third kappa shape index (κ3) is 6.65. The summed E-state index contributed by atoms with van der Waals surface area (Å²) in [4.78, 5) is 25.9. The van der Waals surface area contributed by atoms with Gasteiger partial charge in [0.05, 0.1) is 0 Å². The van der Waals surface area contributed by atoms with E-state index in [4.69, 9.17) is 4.74 Å². The average molecular weight is 388 g/mol. The molecule has 2 rings (SSSR count). The number of carbonyl (C=O) groups excluding carboxylic acids is 2. The zero-order valence-corrected chi connectivity index (χ0v) is 15.2. The Kier molecular flexibility index (Phi) is 6.92. The zero-order valence-electron chi connectivity index (χ0n) is 15.2. The van der Waals surface area contributed by atoms with Crippen LogP contribution in [0.5, 0.6) is 5.75 Å². The Labute approximate surface area is 155 Å². The lowest BCUT2D eigenvalue weighted by Gasteiger charge is -2.33. The topological polar surface area (TPSA) is 67.9 Å². The monoisotopic (exact) mass is 388 g/mol. The first-order valence-electron chi connectivity index (χ1n) is 8.80. The molecule has 1 aliphatic heterocycles. The van der Waals surface area contributed by atoms with Gasteiger partial charge >= 0.3 is 12.5 Å². The van der Waals surface area contributed by atoms with E-state index in [-0.39, 0.29) is 23.7 Å². The van der Waals surface area contributed by atoms with Gasteiger partial charge in [0.25, 0.3) is 0 Å². The largest absolute Gasteiger partial charge is 0.573 e. The lowest BCUT2D eigenvalue weighted by Crippen LogP contribution is -2.43. The first-order chi connectivity index (χ1) is 12.7. The number of piperidine rings is 1. The molecule has 0 aliphatic carbocycles. The fourth-order valence-corrected chi connectivity index (χ4v) is 2.72. The van der Waals surface area contributed by atoms with Crippen LogP contribution in [0.1, 0.15) is 33.1 Å². The summed E-state index contributed by atoms with van der Waals surface area (Å²) in [5.41, 5.74) is 0.291. The number of anilines is 1. The molecule has 6 nitrogen and oxygen atoms in total. The number of halogens is 3. The van der Waals surface area contributed by atoms with E-state index in [2.05, 4.69) is 10.1 Å². The van der Waals surface area contributed by atoms with Crippen LogP contribution in [-0.2, 0) is 9.53 Å². The molecule has 150 valence electrons. The summed E-state index contributed by atoms with van der Waals surface area (Å²) in [5, 5.41) is 2.46. The van der Waals surface area contributed by atoms with Crippen LogP contribution in [0.3, 0.4) is 0 Å². The van der Waals surface area contributed by atoms with Crippen LogP contribution in [0.25, 0.3) is 0 Å². The van der Waals surface area contributed by atoms with Crippen LogP contribution in [0.4, 0.5) is 23.7 Å². The van der Waals surface area contributed by atoms with E-state index < -0.39 is 12.5 Å². The fourth-order valence-electron chi connectivity index (χ4n) is 2.72. The van der Waals surface area contributed by atoms with Crippen molar-refractivity contribution in [3.8, 4) is 5.75 Å². The van der Waals surface area contributed by atoms with Crippen molar-refractivity contribution in [1.29, 1.82) is 0 Å². The third-order valence-electron chi connectivity index (χ3n) is 4.40. The Morgan fingerprint density at radius 3 is 2.33 bits per heavy atom. The van der Waals surface area contributed by atoms with E-state index in [1.165, 1.54) is 12.1 Å². The summed E-state index contributed by atoms with van der Waals surface area (Å²) < 4.78 is 45.4. The highest BCUT2D eigenvalue weighted by Crippen LogP contribution is 2.24. The minimum Gasteiger partial charge on any atom is -0.446 e. The van der Waals surface area contributed by atoms with Crippen LogP contribution in [-0.4, -0.2) is 42.5 Å². The molecule has 9 heteroatoms. The smallest absolute Gasteiger partial charge is 0.446 e. The van der Waals surface area contributed by atoms with E-state index in [1.54, 1.807) is 4.90 Å². The predicted octanol–water partition coefficient (Wildman–Crippen LogP) is 4.17. The van der Waals surface area contributed by atoms with E-state index in [0.29, 0.717) is 31.6 Å². The first-order valence-corrected chi connectivity index (χ1v) is 8.80. The van der Waals surface area contributed by atoms with Crippen molar-refractivity contribution in [2.75, 3.05) is 18.4 Å². The van der Waals surface area contributed by atoms with Crippen molar-refractivity contribution in [3.05, 3.63) is 24.3 Å². The number of ether oxygens (including phenoxy) is 2. The van der Waals surface area contributed by atoms with E-state index in [0.717, 1.165) is 18.6 Å². The summed E-state index contributed by atoms with van der Waals surface area (Å²) in [7, 11) is 0. The summed E-state index contributed by atoms with van der Waals surface area (Å²) in [6.07, 6.45) is -3.88. The van der Waals surface area contributed by atoms with Gasteiger partial charge in [-0.2, -0.15) is 0 Å². The molecule has 0 spiro atoms. The van der Waals surface area contributed by atoms with Gasteiger partial charge in [-0.25, -0.2) is 4.79 Å². The third-order valence-corrected chi connectivity index (χ3v) is 4.40. The highest BCUT2D eigenvalue weighted by molar-refractivity contribution is 5.84. The second-order valence-corrected chi connectivity index (χ2v) is 6.44. The SMILES string of the molecule is CC[C@H](C)C(=O)N1CCC(OC(=O)Nc2ccc(OC(F)(F)F)cc2)CC1. The van der Waals surface area contributed by atoms with Gasteiger partial charge in [-0.05, 0) is 30.7 Å². The van der Waals surface area contributed by atoms with E-state index in [1.807, 2.05) is 13.8 Å². The number of nitrogens with one attached hydrogen (secondary N) is 1. The number of amides is 2. The Morgan fingerprint density at radius 1 is 1.22 bits per heavy atom. The molecule has 0 bridgehead atoms. The van der Waals surface area contributed by atoms with Crippen molar-refractivity contribution in [2.24, 2.45) is 5.92 Å². The number of rotatable bonds is 5. The quantitative estimate of drug-likeness (QED) is 0.822. The second kappa shape index (κ2) is 8.96. The first kappa shape index (κ1) is 20.9. The van der Waals surface area contributed by atoms with Crippen molar-refractivity contribution < 1.29 is 32.2 Å². The number of nitrogens with zero attached hydrogens (tertiary/aromatic N) is 1. The molecule has 0 radical (unpaired) electrons. The number of hydrogen-bond donors (Lipinski definition) is 1. The summed E-state index contributed by atoms with van der Waals surface area (Å²) in [6.45, 7) is 4.92. The molecular weight excluding hydrogens is 365 g/mol. The predicted molar refractivity (Wildman–Crippen MR) is 92.3 cm³/mol. The molecule has 27 heavy (non-hydrogen) atoms. The molecule has 0 aromatic heterocycles. The van der Waals surface area contributed by atoms with Crippen LogP contribution in [0.2, 0.25) is 0 Å². The number of hydrogen-bond acceptors (Lipinski definition) is 4. The molecule has 1 aromatic rings. The molecule has 1 heterocycles. The van der Waals surface area contributed by atoms with Crippen molar-refractivity contribution >= 4 is 17.7 Å². The Balaban J connectivity index is 1.77. The van der Waals surface area contributed by atoms with E-state index in [9.17, 15) is 22.8 Å². The van der Waals surface area contributed by atoms with Gasteiger partial charge in [-0.3, -0.25) is 10.1 Å². The van der Waals surface area contributed by atoms with Crippen LogP contribution < -0.4 is 10.1 Å². The molecule has 1 aliphatic rings. The van der Waals surface area contributed by atoms with Gasteiger partial charge in [-0.15, -0.1) is 13.2 Å². The summed E-state index contributed by atoms with van der Waals surface area (Å²) in [5.74, 6) is -0.281. The molecule has 2 amide bonds. The second-order valence-electron chi connectivity index (χ2n) is 6.44. The standard InChI is InChI=1S/C18H23F3N2O4/c1-3-12(2)16(24)23-10-8-14(9-11-23)26-17(25)22-13-4-6-15(7-5-13)27-18(19,20)21/h4-7,12,14H,3,8-11H2,1-2H3,(H,22,25)/t12-/m0/s1. The number of carbonyl (C=O) groups is 2. The van der Waals surface area contributed by atoms with Crippen LogP contribution in [0.15, 0.2) is 24.3 Å². The summed E-state index contributed by atoms with van der Waals surface area (Å²) in [6, 6.07) is 4.77. The Hall–Kier alpha value is -2.45. The molecular formula is C18H23F3N2O4. The molecule has 0 saturated carbocycles. The maximum atomic E-state index is 12.1. The lowest BCUT2D eigenvalue weighted by molar-refractivity contribution is -0.274. The molecule has 0 unspecified atom stereocenters. The van der Waals surface area contributed by atoms with Crippen molar-refractivity contribution in [3.63, 3.8) is 0 Å². The van der Waals surface area contributed by atoms with Gasteiger partial charge in [-0.1, -0.05) is 13.8 Å². The van der Waals surface area contributed by atoms with E-state index >= 15 is 0 Å². The summed E-state index contributed by atoms with van der Waals surface area (Å²) >= 11 is 0. The molecule has 1 atom stereocenters. The molecule has 1 fully saturated rings. The number of benzene rings is 1. The van der Waals surface area contributed by atoms with Gasteiger partial charge in [0.15, 0.2) is 0 Å². The van der Waals surface area contributed by atoms with Crippen molar-refractivity contribution in [2.45, 2.75) is 45.6 Å². The Morgan fingerprint density at radius 2 is 1.81 bits per heavy atom.